The summed E-state index contributed by atoms with van der Waals surface area (Å²) in [7, 11) is 0. The Kier molecular flexibility index (Phi) is 6.92. The molecule has 0 saturated heterocycles. The number of amides is 2. The van der Waals surface area contributed by atoms with Gasteiger partial charge < -0.3 is 20.7 Å². The molecule has 150 valence electrons. The zero-order valence-electron chi connectivity index (χ0n) is 15.9. The van der Waals surface area contributed by atoms with Gasteiger partial charge >= 0.3 is 6.61 Å². The lowest BCUT2D eigenvalue weighted by atomic mass is 10.1. The van der Waals surface area contributed by atoms with Gasteiger partial charge in [0.25, 0.3) is 5.91 Å². The van der Waals surface area contributed by atoms with E-state index in [1.165, 1.54) is 18.2 Å². The Balaban J connectivity index is 1.91. The molecule has 0 aliphatic heterocycles. The number of carbonyl (C=O) groups is 2. The fourth-order valence-corrected chi connectivity index (χ4v) is 2.30. The maximum atomic E-state index is 12.4. The van der Waals surface area contributed by atoms with E-state index in [9.17, 15) is 18.4 Å². The maximum absolute atomic E-state index is 12.4. The molecule has 0 aliphatic rings. The first-order valence-corrected chi connectivity index (χ1v) is 8.64. The number of carbonyl (C=O) groups excluding carboxylic acids is 2. The van der Waals surface area contributed by atoms with Gasteiger partial charge in [0.2, 0.25) is 5.91 Å². The van der Waals surface area contributed by atoms with Crippen molar-refractivity contribution < 1.29 is 23.1 Å². The third-order valence-corrected chi connectivity index (χ3v) is 3.47. The highest BCUT2D eigenvalue weighted by Gasteiger charge is 2.15. The van der Waals surface area contributed by atoms with E-state index in [1.54, 1.807) is 30.3 Å². The van der Waals surface area contributed by atoms with Gasteiger partial charge in [0, 0.05) is 16.8 Å². The molecular formula is C20H23F2N3O3. The van der Waals surface area contributed by atoms with Crippen molar-refractivity contribution in [2.45, 2.75) is 32.9 Å². The van der Waals surface area contributed by atoms with E-state index >= 15 is 0 Å². The zero-order valence-corrected chi connectivity index (χ0v) is 15.9. The molecule has 2 aromatic carbocycles. The summed E-state index contributed by atoms with van der Waals surface area (Å²) in [5, 5.41) is 8.29. The normalized spacial score (nSPS) is 11.1. The van der Waals surface area contributed by atoms with Crippen LogP contribution < -0.4 is 20.7 Å². The van der Waals surface area contributed by atoms with Crippen molar-refractivity contribution in [2.24, 2.45) is 0 Å². The highest BCUT2D eigenvalue weighted by Crippen LogP contribution is 2.25. The summed E-state index contributed by atoms with van der Waals surface area (Å²) < 4.78 is 29.2. The monoisotopic (exact) mass is 391 g/mol. The van der Waals surface area contributed by atoms with Crippen molar-refractivity contribution >= 4 is 23.2 Å². The second kappa shape index (κ2) is 9.16. The van der Waals surface area contributed by atoms with E-state index < -0.39 is 12.5 Å². The second-order valence-electron chi connectivity index (χ2n) is 7.06. The van der Waals surface area contributed by atoms with Crippen LogP contribution in [0.25, 0.3) is 0 Å². The molecular weight excluding hydrogens is 368 g/mol. The van der Waals surface area contributed by atoms with Crippen molar-refractivity contribution in [2.75, 3.05) is 17.2 Å². The standard InChI is InChI=1S/C20H23F2N3O3/c1-20(2,3)25-18(27)13-8-10-14(11-9-13)23-12-17(26)24-15-6-4-5-7-16(15)28-19(21)22/h4-11,19,23H,12H2,1-3H3,(H,24,26)(H,25,27). The van der Waals surface area contributed by atoms with E-state index in [4.69, 9.17) is 0 Å². The van der Waals surface area contributed by atoms with Gasteiger partial charge in [0.1, 0.15) is 5.75 Å². The number of hydrogen-bond acceptors (Lipinski definition) is 4. The van der Waals surface area contributed by atoms with Crippen LogP contribution in [0.1, 0.15) is 31.1 Å². The average Bonchev–Trinajstić information content (AvgIpc) is 2.60. The van der Waals surface area contributed by atoms with Crippen LogP contribution in [0.2, 0.25) is 0 Å². The third kappa shape index (κ3) is 6.86. The molecule has 0 aromatic heterocycles. The first-order valence-electron chi connectivity index (χ1n) is 8.64. The molecule has 0 bridgehead atoms. The SMILES string of the molecule is CC(C)(C)NC(=O)c1ccc(NCC(=O)Nc2ccccc2OC(F)F)cc1. The Labute approximate surface area is 162 Å². The van der Waals surface area contributed by atoms with E-state index in [0.29, 0.717) is 11.3 Å². The van der Waals surface area contributed by atoms with Gasteiger partial charge in [-0.25, -0.2) is 0 Å². The molecule has 6 nitrogen and oxygen atoms in total. The van der Waals surface area contributed by atoms with Crippen LogP contribution in [0, 0.1) is 0 Å². The summed E-state index contributed by atoms with van der Waals surface area (Å²) in [6, 6.07) is 12.6. The average molecular weight is 391 g/mol. The van der Waals surface area contributed by atoms with Gasteiger partial charge in [-0.1, -0.05) is 12.1 Å². The van der Waals surface area contributed by atoms with Gasteiger partial charge in [-0.15, -0.1) is 0 Å². The Morgan fingerprint density at radius 2 is 1.68 bits per heavy atom. The molecule has 0 radical (unpaired) electrons. The van der Waals surface area contributed by atoms with Crippen molar-refractivity contribution in [3.05, 3.63) is 54.1 Å². The molecule has 2 amide bonds. The number of hydrogen-bond donors (Lipinski definition) is 3. The lowest BCUT2D eigenvalue weighted by Gasteiger charge is -2.20. The minimum absolute atomic E-state index is 0.0868. The summed E-state index contributed by atoms with van der Waals surface area (Å²) in [6.45, 7) is 2.61. The molecule has 0 spiro atoms. The molecule has 8 heteroatoms. The molecule has 0 heterocycles. The molecule has 0 fully saturated rings. The number of alkyl halides is 2. The highest BCUT2D eigenvalue weighted by molar-refractivity contribution is 5.96. The van der Waals surface area contributed by atoms with E-state index in [1.807, 2.05) is 20.8 Å². The summed E-state index contributed by atoms with van der Waals surface area (Å²) in [5.41, 5.74) is 0.961. The van der Waals surface area contributed by atoms with Crippen molar-refractivity contribution in [3.8, 4) is 5.75 Å². The van der Waals surface area contributed by atoms with Crippen molar-refractivity contribution in [1.82, 2.24) is 5.32 Å². The molecule has 0 saturated carbocycles. The predicted octanol–water partition coefficient (Wildman–Crippen LogP) is 3.87. The fourth-order valence-electron chi connectivity index (χ4n) is 2.30. The number of halogens is 2. The molecule has 0 aliphatic carbocycles. The molecule has 0 unspecified atom stereocenters. The van der Waals surface area contributed by atoms with Crippen LogP contribution >= 0.6 is 0 Å². The Morgan fingerprint density at radius 3 is 2.29 bits per heavy atom. The van der Waals surface area contributed by atoms with Gasteiger partial charge in [0.15, 0.2) is 0 Å². The first-order chi connectivity index (χ1) is 13.1. The lowest BCUT2D eigenvalue weighted by molar-refractivity contribution is -0.114. The van der Waals surface area contributed by atoms with Crippen LogP contribution in [-0.2, 0) is 4.79 Å². The smallest absolute Gasteiger partial charge is 0.387 e. The van der Waals surface area contributed by atoms with Crippen LogP contribution in [-0.4, -0.2) is 30.5 Å². The predicted molar refractivity (Wildman–Crippen MR) is 104 cm³/mol. The van der Waals surface area contributed by atoms with Crippen molar-refractivity contribution in [1.29, 1.82) is 0 Å². The molecule has 2 rings (SSSR count). The van der Waals surface area contributed by atoms with Gasteiger partial charge in [-0.2, -0.15) is 8.78 Å². The summed E-state index contributed by atoms with van der Waals surface area (Å²) in [5.74, 6) is -0.729. The number of benzene rings is 2. The number of para-hydroxylation sites is 2. The third-order valence-electron chi connectivity index (χ3n) is 3.47. The minimum Gasteiger partial charge on any atom is -0.433 e. The molecule has 28 heavy (non-hydrogen) atoms. The van der Waals surface area contributed by atoms with E-state index in [-0.39, 0.29) is 29.4 Å². The van der Waals surface area contributed by atoms with Gasteiger partial charge in [0.05, 0.1) is 12.2 Å². The van der Waals surface area contributed by atoms with Gasteiger partial charge in [-0.05, 0) is 57.2 Å². The largest absolute Gasteiger partial charge is 0.433 e. The topological polar surface area (TPSA) is 79.5 Å². The number of ether oxygens (including phenoxy) is 1. The molecule has 3 N–H and O–H groups in total. The number of nitrogens with one attached hydrogen (secondary N) is 3. The molecule has 2 aromatic rings. The summed E-state index contributed by atoms with van der Waals surface area (Å²) in [4.78, 5) is 24.2. The van der Waals surface area contributed by atoms with E-state index in [2.05, 4.69) is 20.7 Å². The summed E-state index contributed by atoms with van der Waals surface area (Å²) in [6.07, 6.45) is 0. The number of anilines is 2. The fraction of sp³-hybridized carbons (Fsp3) is 0.300. The second-order valence-corrected chi connectivity index (χ2v) is 7.06. The zero-order chi connectivity index (χ0) is 20.7. The van der Waals surface area contributed by atoms with Crippen LogP contribution in [0.4, 0.5) is 20.2 Å². The quantitative estimate of drug-likeness (QED) is 0.670. The van der Waals surface area contributed by atoms with Crippen LogP contribution in [0.3, 0.4) is 0 Å². The van der Waals surface area contributed by atoms with Crippen LogP contribution in [0.15, 0.2) is 48.5 Å². The first kappa shape index (κ1) is 21.1. The minimum atomic E-state index is -2.98. The van der Waals surface area contributed by atoms with Gasteiger partial charge in [-0.3, -0.25) is 9.59 Å². The number of rotatable bonds is 7. The maximum Gasteiger partial charge on any atom is 0.387 e. The lowest BCUT2D eigenvalue weighted by Crippen LogP contribution is -2.40. The summed E-state index contributed by atoms with van der Waals surface area (Å²) >= 11 is 0. The van der Waals surface area contributed by atoms with E-state index in [0.717, 1.165) is 0 Å². The highest BCUT2D eigenvalue weighted by atomic mass is 19.3. The Hall–Kier alpha value is -3.16. The van der Waals surface area contributed by atoms with Crippen LogP contribution in [0.5, 0.6) is 5.75 Å². The molecule has 0 atom stereocenters. The van der Waals surface area contributed by atoms with Crippen molar-refractivity contribution in [3.63, 3.8) is 0 Å². The Bertz CT molecular complexity index is 818. The Morgan fingerprint density at radius 1 is 1.04 bits per heavy atom.